The SMILES string of the molecule is CNC(=O)C[C@H](N)Cc1ccc(C#N)cc1. The van der Waals surface area contributed by atoms with E-state index in [0.29, 0.717) is 18.4 Å². The highest BCUT2D eigenvalue weighted by Crippen LogP contribution is 2.06. The summed E-state index contributed by atoms with van der Waals surface area (Å²) in [6.07, 6.45) is 0.954. The molecule has 0 aliphatic rings. The Morgan fingerprint density at radius 3 is 2.62 bits per heavy atom. The quantitative estimate of drug-likeness (QED) is 0.773. The topological polar surface area (TPSA) is 78.9 Å². The van der Waals surface area contributed by atoms with E-state index in [9.17, 15) is 4.79 Å². The highest BCUT2D eigenvalue weighted by molar-refractivity contribution is 5.76. The second-order valence-electron chi connectivity index (χ2n) is 3.65. The van der Waals surface area contributed by atoms with Crippen LogP contribution in [0.2, 0.25) is 0 Å². The van der Waals surface area contributed by atoms with Crippen LogP contribution in [0.3, 0.4) is 0 Å². The lowest BCUT2D eigenvalue weighted by Gasteiger charge is -2.10. The molecule has 84 valence electrons. The maximum Gasteiger partial charge on any atom is 0.221 e. The Morgan fingerprint density at radius 2 is 2.12 bits per heavy atom. The highest BCUT2D eigenvalue weighted by atomic mass is 16.1. The lowest BCUT2D eigenvalue weighted by Crippen LogP contribution is -2.31. The number of hydrogen-bond acceptors (Lipinski definition) is 3. The number of nitrogens with zero attached hydrogens (tertiary/aromatic N) is 1. The van der Waals surface area contributed by atoms with E-state index in [1.807, 2.05) is 12.1 Å². The highest BCUT2D eigenvalue weighted by Gasteiger charge is 2.08. The summed E-state index contributed by atoms with van der Waals surface area (Å²) in [7, 11) is 1.59. The van der Waals surface area contributed by atoms with E-state index >= 15 is 0 Å². The minimum absolute atomic E-state index is 0.0545. The Kier molecular flexibility index (Phi) is 4.49. The zero-order chi connectivity index (χ0) is 12.0. The average Bonchev–Trinajstić information content (AvgIpc) is 2.29. The van der Waals surface area contributed by atoms with Gasteiger partial charge in [-0.2, -0.15) is 5.26 Å². The molecule has 0 aromatic heterocycles. The molecule has 0 unspecified atom stereocenters. The first-order valence-corrected chi connectivity index (χ1v) is 5.11. The van der Waals surface area contributed by atoms with Crippen molar-refractivity contribution in [2.45, 2.75) is 18.9 Å². The van der Waals surface area contributed by atoms with Crippen molar-refractivity contribution in [3.63, 3.8) is 0 Å². The third-order valence-electron chi connectivity index (χ3n) is 2.31. The molecular formula is C12H15N3O. The van der Waals surface area contributed by atoms with Gasteiger partial charge in [0, 0.05) is 19.5 Å². The molecule has 0 aliphatic carbocycles. The molecule has 1 aromatic carbocycles. The number of nitrogens with one attached hydrogen (secondary N) is 1. The second kappa shape index (κ2) is 5.89. The summed E-state index contributed by atoms with van der Waals surface area (Å²) in [5, 5.41) is 11.2. The average molecular weight is 217 g/mol. The molecule has 4 heteroatoms. The largest absolute Gasteiger partial charge is 0.359 e. The van der Waals surface area contributed by atoms with Gasteiger partial charge in [-0.25, -0.2) is 0 Å². The minimum Gasteiger partial charge on any atom is -0.359 e. The number of rotatable bonds is 4. The first-order chi connectivity index (χ1) is 7.65. The van der Waals surface area contributed by atoms with Gasteiger partial charge in [-0.1, -0.05) is 12.1 Å². The van der Waals surface area contributed by atoms with Crippen LogP contribution >= 0.6 is 0 Å². The standard InChI is InChI=1S/C12H15N3O/c1-15-12(16)7-11(14)6-9-2-4-10(8-13)5-3-9/h2-5,11H,6-7,14H2,1H3,(H,15,16)/t11-/m1/s1. The van der Waals surface area contributed by atoms with E-state index in [2.05, 4.69) is 11.4 Å². The molecule has 0 bridgehead atoms. The maximum atomic E-state index is 11.1. The van der Waals surface area contributed by atoms with Crippen molar-refractivity contribution in [1.29, 1.82) is 5.26 Å². The Morgan fingerprint density at radius 1 is 1.50 bits per heavy atom. The fourth-order valence-electron chi connectivity index (χ4n) is 1.43. The van der Waals surface area contributed by atoms with E-state index < -0.39 is 0 Å². The molecule has 0 saturated heterocycles. The van der Waals surface area contributed by atoms with Gasteiger partial charge in [-0.3, -0.25) is 4.79 Å². The number of nitriles is 1. The first-order valence-electron chi connectivity index (χ1n) is 5.11. The molecule has 0 fully saturated rings. The molecule has 4 nitrogen and oxygen atoms in total. The molecular weight excluding hydrogens is 202 g/mol. The molecule has 0 saturated carbocycles. The smallest absolute Gasteiger partial charge is 0.221 e. The molecule has 0 heterocycles. The van der Waals surface area contributed by atoms with Gasteiger partial charge in [0.25, 0.3) is 0 Å². The van der Waals surface area contributed by atoms with Gasteiger partial charge in [0.15, 0.2) is 0 Å². The minimum atomic E-state index is -0.187. The third kappa shape index (κ3) is 3.71. The van der Waals surface area contributed by atoms with Crippen molar-refractivity contribution >= 4 is 5.91 Å². The number of benzene rings is 1. The predicted octanol–water partition coefficient (Wildman–Crippen LogP) is 0.564. The van der Waals surface area contributed by atoms with Crippen LogP contribution in [0.1, 0.15) is 17.5 Å². The van der Waals surface area contributed by atoms with Crippen molar-refractivity contribution in [3.05, 3.63) is 35.4 Å². The molecule has 1 amide bonds. The first kappa shape index (κ1) is 12.2. The van der Waals surface area contributed by atoms with Crippen LogP contribution in [0.15, 0.2) is 24.3 Å². The van der Waals surface area contributed by atoms with Crippen LogP contribution in [0.5, 0.6) is 0 Å². The van der Waals surface area contributed by atoms with Gasteiger partial charge in [0.1, 0.15) is 0 Å². The van der Waals surface area contributed by atoms with Crippen molar-refractivity contribution in [3.8, 4) is 6.07 Å². The number of carbonyl (C=O) groups excluding carboxylic acids is 1. The molecule has 3 N–H and O–H groups in total. The summed E-state index contributed by atoms with van der Waals surface area (Å²) >= 11 is 0. The van der Waals surface area contributed by atoms with Crippen LogP contribution in [0, 0.1) is 11.3 Å². The predicted molar refractivity (Wildman–Crippen MR) is 61.5 cm³/mol. The van der Waals surface area contributed by atoms with Crippen LogP contribution in [0.25, 0.3) is 0 Å². The van der Waals surface area contributed by atoms with Crippen molar-refractivity contribution < 1.29 is 4.79 Å². The van der Waals surface area contributed by atoms with Crippen LogP contribution in [-0.2, 0) is 11.2 Å². The van der Waals surface area contributed by atoms with Gasteiger partial charge in [-0.15, -0.1) is 0 Å². The fraction of sp³-hybridized carbons (Fsp3) is 0.333. The number of amides is 1. The zero-order valence-corrected chi connectivity index (χ0v) is 9.23. The van der Waals surface area contributed by atoms with E-state index in [1.165, 1.54) is 0 Å². The van der Waals surface area contributed by atoms with Crippen LogP contribution in [-0.4, -0.2) is 19.0 Å². The van der Waals surface area contributed by atoms with Gasteiger partial charge in [0.05, 0.1) is 11.6 Å². The Labute approximate surface area is 95.1 Å². The van der Waals surface area contributed by atoms with Gasteiger partial charge in [-0.05, 0) is 24.1 Å². The molecule has 1 rings (SSSR count). The van der Waals surface area contributed by atoms with Crippen LogP contribution in [0.4, 0.5) is 0 Å². The molecule has 0 radical (unpaired) electrons. The Balaban J connectivity index is 2.53. The number of hydrogen-bond donors (Lipinski definition) is 2. The van der Waals surface area contributed by atoms with Crippen molar-refractivity contribution in [2.75, 3.05) is 7.05 Å². The summed E-state index contributed by atoms with van der Waals surface area (Å²) < 4.78 is 0. The zero-order valence-electron chi connectivity index (χ0n) is 9.23. The summed E-state index contributed by atoms with van der Waals surface area (Å²) in [4.78, 5) is 11.1. The van der Waals surface area contributed by atoms with E-state index in [0.717, 1.165) is 5.56 Å². The molecule has 1 atom stereocenters. The van der Waals surface area contributed by atoms with Gasteiger partial charge >= 0.3 is 0 Å². The van der Waals surface area contributed by atoms with E-state index in [4.69, 9.17) is 11.0 Å². The number of carbonyl (C=O) groups is 1. The Hall–Kier alpha value is -1.86. The van der Waals surface area contributed by atoms with E-state index in [1.54, 1.807) is 19.2 Å². The molecule has 0 spiro atoms. The third-order valence-corrected chi connectivity index (χ3v) is 2.31. The number of nitrogens with two attached hydrogens (primary N) is 1. The summed E-state index contributed by atoms with van der Waals surface area (Å²) in [6, 6.07) is 9.10. The fourth-order valence-corrected chi connectivity index (χ4v) is 1.43. The normalized spacial score (nSPS) is 11.6. The Bertz CT molecular complexity index is 392. The van der Waals surface area contributed by atoms with Crippen LogP contribution < -0.4 is 11.1 Å². The van der Waals surface area contributed by atoms with Crippen molar-refractivity contribution in [2.24, 2.45) is 5.73 Å². The lowest BCUT2D eigenvalue weighted by molar-refractivity contribution is -0.120. The molecule has 16 heavy (non-hydrogen) atoms. The summed E-state index contributed by atoms with van der Waals surface area (Å²) in [5.41, 5.74) is 7.49. The molecule has 1 aromatic rings. The summed E-state index contributed by atoms with van der Waals surface area (Å²) in [5.74, 6) is -0.0545. The second-order valence-corrected chi connectivity index (χ2v) is 3.65. The monoisotopic (exact) mass is 217 g/mol. The van der Waals surface area contributed by atoms with Gasteiger partial charge < -0.3 is 11.1 Å². The molecule has 0 aliphatic heterocycles. The van der Waals surface area contributed by atoms with E-state index in [-0.39, 0.29) is 11.9 Å². The summed E-state index contributed by atoms with van der Waals surface area (Å²) in [6.45, 7) is 0. The van der Waals surface area contributed by atoms with Crippen molar-refractivity contribution in [1.82, 2.24) is 5.32 Å². The lowest BCUT2D eigenvalue weighted by atomic mass is 10.0. The maximum absolute atomic E-state index is 11.1. The van der Waals surface area contributed by atoms with Gasteiger partial charge in [0.2, 0.25) is 5.91 Å².